The molecule has 1 atom stereocenters. The van der Waals surface area contributed by atoms with E-state index in [1.165, 1.54) is 64.6 Å². The van der Waals surface area contributed by atoms with Crippen LogP contribution >= 0.6 is 24.0 Å². The highest BCUT2D eigenvalue weighted by Gasteiger charge is 2.25. The minimum absolute atomic E-state index is 0. The monoisotopic (exact) mass is 494 g/mol. The molecule has 2 fully saturated rings. The first-order valence-electron chi connectivity index (χ1n) is 11.2. The van der Waals surface area contributed by atoms with E-state index in [0.717, 1.165) is 38.0 Å². The van der Waals surface area contributed by atoms with Crippen molar-refractivity contribution >= 4 is 29.9 Å². The van der Waals surface area contributed by atoms with E-state index in [4.69, 9.17) is 9.73 Å². The van der Waals surface area contributed by atoms with Gasteiger partial charge in [0, 0.05) is 38.8 Å². The topological polar surface area (TPSA) is 48.9 Å². The highest BCUT2D eigenvalue weighted by molar-refractivity contribution is 14.0. The number of aliphatic imine (C=N–C) groups is 1. The molecule has 0 amide bonds. The highest BCUT2D eigenvalue weighted by atomic mass is 127. The van der Waals surface area contributed by atoms with Gasteiger partial charge < -0.3 is 20.3 Å². The van der Waals surface area contributed by atoms with E-state index in [1.54, 1.807) is 0 Å². The van der Waals surface area contributed by atoms with E-state index in [0.29, 0.717) is 12.1 Å². The Labute approximate surface area is 184 Å². The number of hydrogen-bond donors (Lipinski definition) is 2. The normalized spacial score (nSPS) is 21.1. The molecule has 5 nitrogen and oxygen atoms in total. The minimum atomic E-state index is 0. The van der Waals surface area contributed by atoms with Crippen molar-refractivity contribution in [3.63, 3.8) is 0 Å². The Balaban J connectivity index is 0.00000364. The largest absolute Gasteiger partial charge is 0.378 e. The third-order valence-corrected chi connectivity index (χ3v) is 5.80. The molecule has 0 aromatic heterocycles. The third-order valence-electron chi connectivity index (χ3n) is 5.80. The predicted octanol–water partition coefficient (Wildman–Crippen LogP) is 4.02. The Kier molecular flexibility index (Phi) is 13.7. The van der Waals surface area contributed by atoms with E-state index in [2.05, 4.69) is 36.3 Å². The summed E-state index contributed by atoms with van der Waals surface area (Å²) >= 11 is 0. The van der Waals surface area contributed by atoms with Crippen LogP contribution in [0.2, 0.25) is 0 Å². The third kappa shape index (κ3) is 9.31. The molecule has 27 heavy (non-hydrogen) atoms. The van der Waals surface area contributed by atoms with Crippen LogP contribution in [0.3, 0.4) is 0 Å². The Morgan fingerprint density at radius 2 is 1.81 bits per heavy atom. The second-order valence-corrected chi connectivity index (χ2v) is 7.85. The van der Waals surface area contributed by atoms with Gasteiger partial charge in [0.2, 0.25) is 0 Å². The number of rotatable bonds is 10. The molecule has 1 aliphatic heterocycles. The number of nitrogens with one attached hydrogen (secondary N) is 2. The molecule has 1 aliphatic carbocycles. The lowest BCUT2D eigenvalue weighted by Gasteiger charge is -2.32. The molecule has 2 aliphatic rings. The number of likely N-dealkylation sites (tertiary alicyclic amines) is 1. The highest BCUT2D eigenvalue weighted by Crippen LogP contribution is 2.30. The molecule has 160 valence electrons. The Hall–Kier alpha value is -0.0800. The average molecular weight is 495 g/mol. The first-order valence-corrected chi connectivity index (χ1v) is 11.2. The fourth-order valence-corrected chi connectivity index (χ4v) is 4.43. The molecular formula is C21H43IN4O. The first kappa shape index (κ1) is 25.0. The number of ether oxygens (including phenoxy) is 1. The van der Waals surface area contributed by atoms with Gasteiger partial charge >= 0.3 is 0 Å². The Morgan fingerprint density at radius 1 is 1.11 bits per heavy atom. The standard InChI is InChI=1S/C21H42N4O.HI/c1-4-15-25-16-12-19(13-17-25)24-21(22-5-2)23-14-11-20(26-6-3)18-9-7-8-10-18;/h18-20H,4-17H2,1-3H3,(H2,22,23,24);1H. The fraction of sp³-hybridized carbons (Fsp3) is 0.952. The van der Waals surface area contributed by atoms with Crippen molar-refractivity contribution in [3.8, 4) is 0 Å². The molecule has 1 saturated heterocycles. The van der Waals surface area contributed by atoms with E-state index in [9.17, 15) is 0 Å². The molecule has 0 radical (unpaired) electrons. The summed E-state index contributed by atoms with van der Waals surface area (Å²) < 4.78 is 6.04. The predicted molar refractivity (Wildman–Crippen MR) is 126 cm³/mol. The van der Waals surface area contributed by atoms with Gasteiger partial charge in [0.05, 0.1) is 6.10 Å². The van der Waals surface area contributed by atoms with Crippen LogP contribution in [-0.4, -0.2) is 62.3 Å². The van der Waals surface area contributed by atoms with E-state index >= 15 is 0 Å². The van der Waals surface area contributed by atoms with Crippen LogP contribution in [-0.2, 0) is 4.74 Å². The van der Waals surface area contributed by atoms with Gasteiger partial charge in [-0.2, -0.15) is 0 Å². The van der Waals surface area contributed by atoms with Gasteiger partial charge in [-0.1, -0.05) is 19.8 Å². The average Bonchev–Trinajstić information content (AvgIpc) is 3.17. The molecule has 0 spiro atoms. The summed E-state index contributed by atoms with van der Waals surface area (Å²) in [5, 5.41) is 7.09. The number of halogens is 1. The molecule has 0 bridgehead atoms. The maximum absolute atomic E-state index is 6.04. The van der Waals surface area contributed by atoms with Crippen molar-refractivity contribution in [3.05, 3.63) is 0 Å². The first-order chi connectivity index (χ1) is 12.8. The summed E-state index contributed by atoms with van der Waals surface area (Å²) in [7, 11) is 0. The van der Waals surface area contributed by atoms with Crippen LogP contribution in [0.25, 0.3) is 0 Å². The second-order valence-electron chi connectivity index (χ2n) is 7.85. The molecule has 2 rings (SSSR count). The quantitative estimate of drug-likeness (QED) is 0.274. The molecular weight excluding hydrogens is 451 g/mol. The van der Waals surface area contributed by atoms with Gasteiger partial charge in [0.15, 0.2) is 5.96 Å². The summed E-state index contributed by atoms with van der Waals surface area (Å²) in [6.07, 6.45) is 10.5. The fourth-order valence-electron chi connectivity index (χ4n) is 4.43. The van der Waals surface area contributed by atoms with Crippen LogP contribution < -0.4 is 10.6 Å². The summed E-state index contributed by atoms with van der Waals surface area (Å²) in [4.78, 5) is 7.44. The van der Waals surface area contributed by atoms with Crippen LogP contribution in [0.15, 0.2) is 4.99 Å². The van der Waals surface area contributed by atoms with Gasteiger partial charge in [-0.3, -0.25) is 4.99 Å². The molecule has 1 heterocycles. The van der Waals surface area contributed by atoms with E-state index in [1.807, 2.05) is 0 Å². The maximum atomic E-state index is 6.04. The van der Waals surface area contributed by atoms with Crippen LogP contribution in [0.5, 0.6) is 0 Å². The van der Waals surface area contributed by atoms with Gasteiger partial charge in [-0.05, 0) is 64.8 Å². The van der Waals surface area contributed by atoms with Crippen LogP contribution in [0, 0.1) is 5.92 Å². The molecule has 1 saturated carbocycles. The summed E-state index contributed by atoms with van der Waals surface area (Å²) in [5.74, 6) is 1.74. The van der Waals surface area contributed by atoms with Crippen molar-refractivity contribution in [2.24, 2.45) is 10.9 Å². The number of nitrogens with zero attached hydrogens (tertiary/aromatic N) is 2. The minimum Gasteiger partial charge on any atom is -0.378 e. The zero-order valence-electron chi connectivity index (χ0n) is 17.8. The zero-order valence-corrected chi connectivity index (χ0v) is 20.2. The molecule has 6 heteroatoms. The molecule has 0 aromatic rings. The molecule has 2 N–H and O–H groups in total. The number of piperidine rings is 1. The summed E-state index contributed by atoms with van der Waals surface area (Å²) in [6, 6.07) is 0.554. The Morgan fingerprint density at radius 3 is 2.41 bits per heavy atom. The van der Waals surface area contributed by atoms with Crippen molar-refractivity contribution in [2.45, 2.75) is 84.3 Å². The lowest BCUT2D eigenvalue weighted by atomic mass is 9.98. The summed E-state index contributed by atoms with van der Waals surface area (Å²) in [5.41, 5.74) is 0. The number of hydrogen-bond acceptors (Lipinski definition) is 3. The van der Waals surface area contributed by atoms with Crippen LogP contribution in [0.4, 0.5) is 0 Å². The van der Waals surface area contributed by atoms with Gasteiger partial charge in [-0.15, -0.1) is 24.0 Å². The number of guanidine groups is 1. The van der Waals surface area contributed by atoms with Crippen molar-refractivity contribution < 1.29 is 4.74 Å². The van der Waals surface area contributed by atoms with E-state index in [-0.39, 0.29) is 24.0 Å². The maximum Gasteiger partial charge on any atom is 0.191 e. The van der Waals surface area contributed by atoms with E-state index < -0.39 is 0 Å². The summed E-state index contributed by atoms with van der Waals surface area (Å²) in [6.45, 7) is 12.8. The lowest BCUT2D eigenvalue weighted by Crippen LogP contribution is -2.48. The van der Waals surface area contributed by atoms with Crippen LogP contribution in [0.1, 0.15) is 72.1 Å². The molecule has 0 aromatic carbocycles. The zero-order chi connectivity index (χ0) is 18.6. The van der Waals surface area contributed by atoms with Crippen molar-refractivity contribution in [1.29, 1.82) is 0 Å². The SMILES string of the molecule is CCCN1CCC(NC(=NCCC(OCC)C2CCCC2)NCC)CC1.I. The van der Waals surface area contributed by atoms with Crippen molar-refractivity contribution in [1.82, 2.24) is 15.5 Å². The van der Waals surface area contributed by atoms with Gasteiger partial charge in [0.25, 0.3) is 0 Å². The second kappa shape index (κ2) is 14.9. The molecule has 1 unspecified atom stereocenters. The Bertz CT molecular complexity index is 394. The lowest BCUT2D eigenvalue weighted by molar-refractivity contribution is 0.0177. The van der Waals surface area contributed by atoms with Crippen molar-refractivity contribution in [2.75, 3.05) is 39.3 Å². The van der Waals surface area contributed by atoms with Gasteiger partial charge in [0.1, 0.15) is 0 Å². The van der Waals surface area contributed by atoms with Gasteiger partial charge in [-0.25, -0.2) is 0 Å². The smallest absolute Gasteiger partial charge is 0.191 e.